The van der Waals surface area contributed by atoms with Crippen molar-refractivity contribution in [2.24, 2.45) is 0 Å². The Morgan fingerprint density at radius 2 is 0.893 bits per heavy atom. The molecule has 0 atom stereocenters. The summed E-state index contributed by atoms with van der Waals surface area (Å²) >= 11 is 6.87. The molecule has 28 heavy (non-hydrogen) atoms. The van der Waals surface area contributed by atoms with Crippen LogP contribution in [0.2, 0.25) is 0 Å². The third kappa shape index (κ3) is 3.47. The summed E-state index contributed by atoms with van der Waals surface area (Å²) in [6.45, 7) is 0. The van der Waals surface area contributed by atoms with Gasteiger partial charge in [0.25, 0.3) is 0 Å². The molecule has 0 fully saturated rings. The summed E-state index contributed by atoms with van der Waals surface area (Å²) in [4.78, 5) is 0. The summed E-state index contributed by atoms with van der Waals surface area (Å²) < 4.78 is 1.26. The first-order chi connectivity index (χ1) is 13.6. The van der Waals surface area contributed by atoms with Crippen LogP contribution in [-0.4, -0.2) is 0 Å². The van der Waals surface area contributed by atoms with Gasteiger partial charge in [-0.2, -0.15) is 0 Å². The fraction of sp³-hybridized carbons (Fsp3) is 0.0400. The maximum atomic E-state index is 4.50. The van der Waals surface area contributed by atoms with E-state index in [4.69, 9.17) is 0 Å². The van der Waals surface area contributed by atoms with E-state index in [1.54, 1.807) is 0 Å². The molecule has 3 heteroatoms. The van der Waals surface area contributed by atoms with Crippen LogP contribution in [0.15, 0.2) is 115 Å². The molecule has 0 aliphatic heterocycles. The second-order valence-electron chi connectivity index (χ2n) is 6.97. The monoisotopic (exact) mass is 558 g/mol. The van der Waals surface area contributed by atoms with Crippen molar-refractivity contribution in [1.82, 2.24) is 0 Å². The van der Waals surface area contributed by atoms with Gasteiger partial charge in [-0.05, 0) is 0 Å². The molecule has 0 N–H and O–H groups in total. The van der Waals surface area contributed by atoms with Crippen molar-refractivity contribution in [3.63, 3.8) is 0 Å². The number of hydrogen-bond donors (Lipinski definition) is 0. The van der Waals surface area contributed by atoms with Crippen LogP contribution < -0.4 is 15.9 Å². The van der Waals surface area contributed by atoms with E-state index in [1.807, 2.05) is 0 Å². The third-order valence-corrected chi connectivity index (χ3v) is 15.5. The summed E-state index contributed by atoms with van der Waals surface area (Å²) in [6, 6.07) is 41.8. The fourth-order valence-corrected chi connectivity index (χ4v) is 11.9. The van der Waals surface area contributed by atoms with E-state index in [1.165, 1.54) is 25.0 Å². The van der Waals surface area contributed by atoms with E-state index in [9.17, 15) is 0 Å². The van der Waals surface area contributed by atoms with Crippen molar-refractivity contribution in [3.8, 4) is 0 Å². The molecular weight excluding hydrogens is 538 g/mol. The Labute approximate surface area is 188 Å². The molecular formula is C25H21BrIP. The third-order valence-electron chi connectivity index (χ3n) is 5.28. The van der Waals surface area contributed by atoms with Crippen molar-refractivity contribution in [2.45, 2.75) is 6.16 Å². The molecule has 0 bridgehead atoms. The predicted molar refractivity (Wildman–Crippen MR) is 137 cm³/mol. The predicted octanol–water partition coefficient (Wildman–Crippen LogP) is 6.63. The molecule has 0 aliphatic carbocycles. The van der Waals surface area contributed by atoms with Gasteiger partial charge in [0.05, 0.1) is 0 Å². The Balaban J connectivity index is 2.07. The first-order valence-corrected chi connectivity index (χ1v) is 14.8. The van der Waals surface area contributed by atoms with Crippen LogP contribution in [0, 0.1) is 3.57 Å². The van der Waals surface area contributed by atoms with E-state index in [0.29, 0.717) is 0 Å². The normalized spacial score (nSPS) is 12.9. The van der Waals surface area contributed by atoms with Crippen molar-refractivity contribution in [2.75, 3.05) is 0 Å². The minimum absolute atomic E-state index is 0.931. The van der Waals surface area contributed by atoms with Gasteiger partial charge < -0.3 is 0 Å². The summed E-state index contributed by atoms with van der Waals surface area (Å²) in [5.74, 6) is 0. The zero-order valence-corrected chi connectivity index (χ0v) is 20.0. The standard InChI is InChI=1S/C25H21BrIP/c26-28(23-10-4-1-5-11-23,24-12-6-2-7-13-24,25-14-8-3-9-15-25)20-21-16-18-22(27)19-17-21/h1-19H,20H2. The van der Waals surface area contributed by atoms with Gasteiger partial charge in [-0.3, -0.25) is 0 Å². The van der Waals surface area contributed by atoms with Crippen molar-refractivity contribution >= 4 is 59.3 Å². The Hall–Kier alpha value is -1.48. The zero-order chi connectivity index (χ0) is 19.5. The number of halogens is 2. The molecule has 0 nitrogen and oxygen atoms in total. The van der Waals surface area contributed by atoms with Gasteiger partial charge in [0, 0.05) is 0 Å². The maximum absolute atomic E-state index is 4.50. The van der Waals surface area contributed by atoms with E-state index in [2.05, 4.69) is 153 Å². The van der Waals surface area contributed by atoms with Gasteiger partial charge in [-0.1, -0.05) is 0 Å². The summed E-state index contributed by atoms with van der Waals surface area (Å²) in [6.07, 6.45) is 0.931. The van der Waals surface area contributed by atoms with E-state index in [-0.39, 0.29) is 0 Å². The minimum atomic E-state index is -2.89. The second-order valence-corrected chi connectivity index (χ2v) is 17.1. The average Bonchev–Trinajstić information content (AvgIpc) is 2.77. The number of rotatable bonds is 5. The molecule has 0 saturated heterocycles. The Bertz CT molecular complexity index is 949. The summed E-state index contributed by atoms with van der Waals surface area (Å²) in [5.41, 5.74) is 1.34. The van der Waals surface area contributed by atoms with Crippen LogP contribution in [0.3, 0.4) is 0 Å². The molecule has 4 aromatic rings. The van der Waals surface area contributed by atoms with Crippen LogP contribution in [0.4, 0.5) is 0 Å². The van der Waals surface area contributed by atoms with Crippen LogP contribution in [-0.2, 0) is 6.16 Å². The summed E-state index contributed by atoms with van der Waals surface area (Å²) in [5, 5.41) is 1.17. The van der Waals surface area contributed by atoms with Gasteiger partial charge >= 0.3 is 190 Å². The molecule has 4 aromatic carbocycles. The zero-order valence-electron chi connectivity index (χ0n) is 15.4. The molecule has 140 valence electrons. The second kappa shape index (κ2) is 8.10. The van der Waals surface area contributed by atoms with Crippen LogP contribution in [0.1, 0.15) is 5.56 Å². The molecule has 0 radical (unpaired) electrons. The van der Waals surface area contributed by atoms with Crippen molar-refractivity contribution in [3.05, 3.63) is 124 Å². The van der Waals surface area contributed by atoms with E-state index in [0.717, 1.165) is 6.16 Å². The van der Waals surface area contributed by atoms with Crippen LogP contribution in [0.25, 0.3) is 0 Å². The van der Waals surface area contributed by atoms with E-state index < -0.39 is 5.31 Å². The Morgan fingerprint density at radius 3 is 1.25 bits per heavy atom. The first kappa shape index (κ1) is 19.8. The molecule has 0 spiro atoms. The topological polar surface area (TPSA) is 0 Å². The summed E-state index contributed by atoms with van der Waals surface area (Å²) in [7, 11) is 0. The van der Waals surface area contributed by atoms with Gasteiger partial charge in [0.1, 0.15) is 0 Å². The molecule has 0 heterocycles. The first-order valence-electron chi connectivity index (χ1n) is 9.25. The SMILES string of the molecule is BrP(Cc1ccc(I)cc1)(c1ccccc1)(c1ccccc1)c1ccccc1. The molecule has 0 saturated carbocycles. The molecule has 4 rings (SSSR count). The van der Waals surface area contributed by atoms with Crippen molar-refractivity contribution < 1.29 is 0 Å². The average molecular weight is 559 g/mol. The van der Waals surface area contributed by atoms with Gasteiger partial charge in [-0.15, -0.1) is 0 Å². The quantitative estimate of drug-likeness (QED) is 0.190. The Kier molecular flexibility index (Phi) is 5.73. The van der Waals surface area contributed by atoms with Crippen molar-refractivity contribution in [1.29, 1.82) is 0 Å². The van der Waals surface area contributed by atoms with Gasteiger partial charge in [0.2, 0.25) is 0 Å². The molecule has 0 aromatic heterocycles. The number of hydrogen-bond acceptors (Lipinski definition) is 0. The fourth-order valence-electron chi connectivity index (χ4n) is 3.87. The van der Waals surface area contributed by atoms with Crippen LogP contribution in [0.5, 0.6) is 0 Å². The molecule has 0 amide bonds. The Morgan fingerprint density at radius 1 is 0.536 bits per heavy atom. The van der Waals surface area contributed by atoms with Crippen LogP contribution >= 0.6 is 43.4 Å². The van der Waals surface area contributed by atoms with Gasteiger partial charge in [0.15, 0.2) is 0 Å². The molecule has 0 unspecified atom stereocenters. The van der Waals surface area contributed by atoms with E-state index >= 15 is 0 Å². The number of benzene rings is 4. The molecule has 0 aliphatic rings. The van der Waals surface area contributed by atoms with Gasteiger partial charge in [-0.25, -0.2) is 0 Å².